The molecular formula is C11H20N2O2S3. The van der Waals surface area contributed by atoms with Gasteiger partial charge in [-0.1, -0.05) is 13.8 Å². The first-order valence-electron chi connectivity index (χ1n) is 5.78. The van der Waals surface area contributed by atoms with Crippen LogP contribution >= 0.6 is 23.1 Å². The SMILES string of the molecule is CCC(CC)(CNS(=O)(=O)c1cc(N)cs1)SC. The Kier molecular flexibility index (Phi) is 5.51. The molecule has 7 heteroatoms. The van der Waals surface area contributed by atoms with Gasteiger partial charge in [-0.15, -0.1) is 11.3 Å². The molecule has 0 aliphatic rings. The van der Waals surface area contributed by atoms with Gasteiger partial charge in [-0.3, -0.25) is 0 Å². The van der Waals surface area contributed by atoms with Gasteiger partial charge in [-0.25, -0.2) is 13.1 Å². The third-order valence-electron chi connectivity index (χ3n) is 3.17. The number of thioether (sulfide) groups is 1. The van der Waals surface area contributed by atoms with Crippen LogP contribution in [0.3, 0.4) is 0 Å². The molecule has 0 aliphatic heterocycles. The molecule has 0 atom stereocenters. The van der Waals surface area contributed by atoms with E-state index in [4.69, 9.17) is 5.73 Å². The first-order valence-corrected chi connectivity index (χ1v) is 9.36. The average Bonchev–Trinajstić information content (AvgIpc) is 2.79. The Morgan fingerprint density at radius 2 is 2.06 bits per heavy atom. The van der Waals surface area contributed by atoms with Crippen molar-refractivity contribution in [2.45, 2.75) is 35.6 Å². The second-order valence-corrected chi connectivity index (χ2v) is 8.30. The van der Waals surface area contributed by atoms with Gasteiger partial charge in [-0.2, -0.15) is 11.8 Å². The lowest BCUT2D eigenvalue weighted by atomic mass is 10.0. The minimum absolute atomic E-state index is 0.0319. The number of hydrogen-bond acceptors (Lipinski definition) is 5. The molecular weight excluding hydrogens is 288 g/mol. The first-order chi connectivity index (χ1) is 8.39. The van der Waals surface area contributed by atoms with E-state index in [0.29, 0.717) is 12.2 Å². The molecule has 4 nitrogen and oxygen atoms in total. The summed E-state index contributed by atoms with van der Waals surface area (Å²) in [5.74, 6) is 0. The van der Waals surface area contributed by atoms with Crippen LogP contribution < -0.4 is 10.5 Å². The summed E-state index contributed by atoms with van der Waals surface area (Å²) in [5.41, 5.74) is 6.04. The lowest BCUT2D eigenvalue weighted by Gasteiger charge is -2.29. The van der Waals surface area contributed by atoms with Crippen LogP contribution in [0.2, 0.25) is 0 Å². The topological polar surface area (TPSA) is 72.2 Å². The molecule has 0 saturated carbocycles. The quantitative estimate of drug-likeness (QED) is 0.812. The standard InChI is InChI=1S/C11H20N2O2S3/c1-4-11(5-2,16-3)8-13-18(14,15)10-6-9(12)7-17-10/h6-7,13H,4-5,8,12H2,1-3H3. The van der Waals surface area contributed by atoms with Gasteiger partial charge in [-0.05, 0) is 25.2 Å². The normalized spacial score (nSPS) is 12.8. The van der Waals surface area contributed by atoms with Gasteiger partial charge in [0.15, 0.2) is 0 Å². The van der Waals surface area contributed by atoms with E-state index in [-0.39, 0.29) is 8.96 Å². The fourth-order valence-corrected chi connectivity index (χ4v) is 4.77. The molecule has 0 saturated heterocycles. The highest BCUT2D eigenvalue weighted by Crippen LogP contribution is 2.30. The summed E-state index contributed by atoms with van der Waals surface area (Å²) in [7, 11) is -3.43. The molecule has 0 radical (unpaired) electrons. The van der Waals surface area contributed by atoms with Gasteiger partial charge in [0.2, 0.25) is 10.0 Å². The largest absolute Gasteiger partial charge is 0.398 e. The number of anilines is 1. The van der Waals surface area contributed by atoms with Crippen molar-refractivity contribution in [3.05, 3.63) is 11.4 Å². The van der Waals surface area contributed by atoms with Gasteiger partial charge in [0.1, 0.15) is 4.21 Å². The summed E-state index contributed by atoms with van der Waals surface area (Å²) in [6.07, 6.45) is 3.88. The molecule has 0 amide bonds. The van der Waals surface area contributed by atoms with Crippen molar-refractivity contribution in [1.29, 1.82) is 0 Å². The van der Waals surface area contributed by atoms with Crippen LogP contribution in [-0.2, 0) is 10.0 Å². The molecule has 1 aromatic heterocycles. The second-order valence-electron chi connectivity index (χ2n) is 4.12. The predicted octanol–water partition coefficient (Wildman–Crippen LogP) is 2.53. The number of sulfonamides is 1. The number of thiophene rings is 1. The molecule has 0 unspecified atom stereocenters. The zero-order valence-electron chi connectivity index (χ0n) is 10.9. The number of nitrogen functional groups attached to an aromatic ring is 1. The van der Waals surface area contributed by atoms with Crippen molar-refractivity contribution in [3.63, 3.8) is 0 Å². The van der Waals surface area contributed by atoms with Crippen LogP contribution in [0.5, 0.6) is 0 Å². The Hall–Kier alpha value is -0.240. The molecule has 1 rings (SSSR count). The van der Waals surface area contributed by atoms with Crippen LogP contribution in [0.4, 0.5) is 5.69 Å². The minimum atomic E-state index is -3.43. The second kappa shape index (κ2) is 6.27. The van der Waals surface area contributed by atoms with E-state index in [1.807, 2.05) is 6.26 Å². The van der Waals surface area contributed by atoms with Gasteiger partial charge in [0.25, 0.3) is 0 Å². The number of hydrogen-bond donors (Lipinski definition) is 2. The summed E-state index contributed by atoms with van der Waals surface area (Å²) in [4.78, 5) is 0. The van der Waals surface area contributed by atoms with Crippen molar-refractivity contribution in [2.24, 2.45) is 0 Å². The van der Waals surface area contributed by atoms with Gasteiger partial charge < -0.3 is 5.73 Å². The maximum atomic E-state index is 12.1. The Bertz CT molecular complexity index is 470. The highest BCUT2D eigenvalue weighted by atomic mass is 32.2. The molecule has 0 spiro atoms. The van der Waals surface area contributed by atoms with Crippen LogP contribution in [-0.4, -0.2) is 26.0 Å². The Morgan fingerprint density at radius 1 is 1.44 bits per heavy atom. The van der Waals surface area contributed by atoms with Crippen molar-refractivity contribution >= 4 is 38.8 Å². The molecule has 1 heterocycles. The van der Waals surface area contributed by atoms with E-state index in [1.54, 1.807) is 17.1 Å². The highest BCUT2D eigenvalue weighted by Gasteiger charge is 2.27. The molecule has 104 valence electrons. The van der Waals surface area contributed by atoms with Gasteiger partial charge in [0.05, 0.1) is 0 Å². The van der Waals surface area contributed by atoms with Crippen molar-refractivity contribution in [1.82, 2.24) is 4.72 Å². The molecule has 0 fully saturated rings. The Labute approximate surface area is 117 Å². The van der Waals surface area contributed by atoms with Crippen molar-refractivity contribution < 1.29 is 8.42 Å². The molecule has 3 N–H and O–H groups in total. The molecule has 0 aromatic carbocycles. The summed E-state index contributed by atoms with van der Waals surface area (Å²) >= 11 is 2.86. The smallest absolute Gasteiger partial charge is 0.250 e. The maximum absolute atomic E-state index is 12.1. The first kappa shape index (κ1) is 15.8. The zero-order valence-corrected chi connectivity index (χ0v) is 13.3. The van der Waals surface area contributed by atoms with Crippen LogP contribution in [0.25, 0.3) is 0 Å². The zero-order chi connectivity index (χ0) is 13.8. The average molecular weight is 308 g/mol. The van der Waals surface area contributed by atoms with E-state index >= 15 is 0 Å². The monoisotopic (exact) mass is 308 g/mol. The van der Waals surface area contributed by atoms with E-state index in [9.17, 15) is 8.42 Å². The molecule has 0 bridgehead atoms. The van der Waals surface area contributed by atoms with Crippen LogP contribution in [0.15, 0.2) is 15.7 Å². The van der Waals surface area contributed by atoms with Crippen molar-refractivity contribution in [3.8, 4) is 0 Å². The summed E-state index contributed by atoms with van der Waals surface area (Å²) in [6.45, 7) is 4.61. The van der Waals surface area contributed by atoms with E-state index in [2.05, 4.69) is 18.6 Å². The third-order valence-corrected chi connectivity index (χ3v) is 7.61. The number of nitrogens with one attached hydrogen (secondary N) is 1. The lowest BCUT2D eigenvalue weighted by Crippen LogP contribution is -2.39. The van der Waals surface area contributed by atoms with Gasteiger partial charge >= 0.3 is 0 Å². The lowest BCUT2D eigenvalue weighted by molar-refractivity contribution is 0.523. The molecule has 0 aliphatic carbocycles. The summed E-state index contributed by atoms with van der Waals surface area (Å²) < 4.78 is 27.1. The van der Waals surface area contributed by atoms with Crippen molar-refractivity contribution in [2.75, 3.05) is 18.5 Å². The molecule has 18 heavy (non-hydrogen) atoms. The van der Waals surface area contributed by atoms with Crippen LogP contribution in [0.1, 0.15) is 26.7 Å². The fourth-order valence-electron chi connectivity index (χ4n) is 1.63. The van der Waals surface area contributed by atoms with Crippen LogP contribution in [0, 0.1) is 0 Å². The Morgan fingerprint density at radius 3 is 2.44 bits per heavy atom. The van der Waals surface area contributed by atoms with Gasteiger partial charge in [0, 0.05) is 22.4 Å². The maximum Gasteiger partial charge on any atom is 0.250 e. The summed E-state index contributed by atoms with van der Waals surface area (Å²) in [5, 5.41) is 1.63. The number of nitrogens with two attached hydrogens (primary N) is 1. The number of rotatable bonds is 7. The minimum Gasteiger partial charge on any atom is -0.398 e. The molecule has 1 aromatic rings. The Balaban J connectivity index is 2.79. The summed E-state index contributed by atoms with van der Waals surface area (Å²) in [6, 6.07) is 1.49. The highest BCUT2D eigenvalue weighted by molar-refractivity contribution is 8.00. The predicted molar refractivity (Wildman–Crippen MR) is 80.7 cm³/mol. The third kappa shape index (κ3) is 3.63. The van der Waals surface area contributed by atoms with E-state index < -0.39 is 10.0 Å². The van der Waals surface area contributed by atoms with E-state index in [1.165, 1.54) is 6.07 Å². The fraction of sp³-hybridized carbons (Fsp3) is 0.636. The van der Waals surface area contributed by atoms with E-state index in [0.717, 1.165) is 24.2 Å².